The quantitative estimate of drug-likeness (QED) is 0.379. The number of hydrogen-bond acceptors (Lipinski definition) is 6. The Balaban J connectivity index is 1.50. The molecule has 2 rings (SSSR count). The van der Waals surface area contributed by atoms with Gasteiger partial charge in [0.25, 0.3) is 0 Å². The second-order valence-electron chi connectivity index (χ2n) is 6.04. The highest BCUT2D eigenvalue weighted by Gasteiger charge is 2.03. The average Bonchev–Trinajstić information content (AvgIpc) is 3.23. The minimum Gasteiger partial charge on any atom is -0.460 e. The van der Waals surface area contributed by atoms with Gasteiger partial charge in [0.15, 0.2) is 0 Å². The van der Waals surface area contributed by atoms with E-state index in [1.807, 2.05) is 26.0 Å². The molecule has 0 aliphatic rings. The highest BCUT2D eigenvalue weighted by Crippen LogP contribution is 2.05. The van der Waals surface area contributed by atoms with Crippen molar-refractivity contribution in [2.24, 2.45) is 10.2 Å². The molecule has 0 aliphatic heterocycles. The van der Waals surface area contributed by atoms with Gasteiger partial charge >= 0.3 is 0 Å². The van der Waals surface area contributed by atoms with E-state index in [0.717, 1.165) is 17.9 Å². The van der Waals surface area contributed by atoms with E-state index in [-0.39, 0.29) is 11.8 Å². The molecular weight excluding hydrogens is 348 g/mol. The van der Waals surface area contributed by atoms with Crippen molar-refractivity contribution < 1.29 is 18.4 Å². The molecule has 0 fully saturated rings. The molecule has 0 unspecified atom stereocenters. The summed E-state index contributed by atoms with van der Waals surface area (Å²) in [5.74, 6) is 2.41. The monoisotopic (exact) mass is 372 g/mol. The van der Waals surface area contributed by atoms with E-state index < -0.39 is 0 Å². The van der Waals surface area contributed by atoms with Crippen LogP contribution in [0.4, 0.5) is 0 Å². The highest BCUT2D eigenvalue weighted by atomic mass is 16.3. The number of rotatable bonds is 10. The third-order valence-corrected chi connectivity index (χ3v) is 3.59. The number of hydrogen-bond donors (Lipinski definition) is 2. The lowest BCUT2D eigenvalue weighted by atomic mass is 10.1. The van der Waals surface area contributed by atoms with Crippen LogP contribution in [0, 0.1) is 13.8 Å². The maximum Gasteiger partial charge on any atom is 0.240 e. The van der Waals surface area contributed by atoms with Crippen LogP contribution < -0.4 is 10.9 Å². The number of furan rings is 2. The van der Waals surface area contributed by atoms with Crippen LogP contribution in [0.25, 0.3) is 0 Å². The Hall–Kier alpha value is -3.16. The lowest BCUT2D eigenvalue weighted by Gasteiger charge is -2.01. The molecule has 2 N–H and O–H groups in total. The lowest BCUT2D eigenvalue weighted by Crippen LogP contribution is -2.18. The zero-order chi connectivity index (χ0) is 19.5. The molecule has 2 heterocycles. The molecule has 0 aliphatic carbocycles. The predicted molar refractivity (Wildman–Crippen MR) is 101 cm³/mol. The Labute approximate surface area is 157 Å². The summed E-state index contributed by atoms with van der Waals surface area (Å²) in [4.78, 5) is 23.3. The Kier molecular flexibility index (Phi) is 8.02. The standard InChI is InChI=1S/C19H24N4O4/c1-14-8-10-16(26-14)12-20-22-18(24)6-4-3-5-7-19(25)23-21-13-17-11-9-15(2)27-17/h8-13H,3-7H2,1-2H3,(H,22,24)(H,23,25)/b20-12+,21-13+. The number of nitrogens with zero attached hydrogens (tertiary/aromatic N) is 2. The number of nitrogens with one attached hydrogen (secondary N) is 2. The molecular formula is C19H24N4O4. The van der Waals surface area contributed by atoms with E-state index in [1.165, 1.54) is 12.4 Å². The fraction of sp³-hybridized carbons (Fsp3) is 0.368. The van der Waals surface area contributed by atoms with Crippen LogP contribution in [0.15, 0.2) is 43.3 Å². The summed E-state index contributed by atoms with van der Waals surface area (Å²) >= 11 is 0. The zero-order valence-electron chi connectivity index (χ0n) is 15.5. The van der Waals surface area contributed by atoms with Crippen molar-refractivity contribution in [2.75, 3.05) is 0 Å². The maximum absolute atomic E-state index is 11.7. The number of aryl methyl sites for hydroxylation is 2. The van der Waals surface area contributed by atoms with Gasteiger partial charge in [-0.05, 0) is 51.0 Å². The van der Waals surface area contributed by atoms with Crippen molar-refractivity contribution in [3.05, 3.63) is 47.3 Å². The summed E-state index contributed by atoms with van der Waals surface area (Å²) in [6.45, 7) is 3.67. The number of carbonyl (C=O) groups excluding carboxylic acids is 2. The molecule has 0 spiro atoms. The van der Waals surface area contributed by atoms with Crippen LogP contribution in [0.1, 0.15) is 55.1 Å². The summed E-state index contributed by atoms with van der Waals surface area (Å²) < 4.78 is 10.6. The Morgan fingerprint density at radius 3 is 1.63 bits per heavy atom. The molecule has 144 valence electrons. The largest absolute Gasteiger partial charge is 0.460 e. The van der Waals surface area contributed by atoms with E-state index in [9.17, 15) is 9.59 Å². The van der Waals surface area contributed by atoms with Gasteiger partial charge in [-0.15, -0.1) is 0 Å². The van der Waals surface area contributed by atoms with Crippen molar-refractivity contribution >= 4 is 24.2 Å². The molecule has 0 atom stereocenters. The van der Waals surface area contributed by atoms with E-state index in [2.05, 4.69) is 21.1 Å². The molecule has 0 bridgehead atoms. The third kappa shape index (κ3) is 8.17. The van der Waals surface area contributed by atoms with Gasteiger partial charge in [0.05, 0.1) is 12.4 Å². The number of carbonyl (C=O) groups is 2. The van der Waals surface area contributed by atoms with E-state index >= 15 is 0 Å². The highest BCUT2D eigenvalue weighted by molar-refractivity contribution is 5.81. The molecule has 0 saturated carbocycles. The van der Waals surface area contributed by atoms with E-state index in [4.69, 9.17) is 8.83 Å². The average molecular weight is 372 g/mol. The van der Waals surface area contributed by atoms with Crippen molar-refractivity contribution in [3.63, 3.8) is 0 Å². The first-order valence-electron chi connectivity index (χ1n) is 8.79. The second kappa shape index (κ2) is 10.7. The molecule has 27 heavy (non-hydrogen) atoms. The van der Waals surface area contributed by atoms with Crippen molar-refractivity contribution in [1.82, 2.24) is 10.9 Å². The fourth-order valence-corrected chi connectivity index (χ4v) is 2.24. The van der Waals surface area contributed by atoms with Crippen molar-refractivity contribution in [1.29, 1.82) is 0 Å². The van der Waals surface area contributed by atoms with Gasteiger partial charge in [0, 0.05) is 12.8 Å². The topological polar surface area (TPSA) is 109 Å². The predicted octanol–water partition coefficient (Wildman–Crippen LogP) is 3.04. The number of unbranched alkanes of at least 4 members (excludes halogenated alkanes) is 2. The van der Waals surface area contributed by atoms with Crippen LogP contribution in [0.2, 0.25) is 0 Å². The third-order valence-electron chi connectivity index (χ3n) is 3.59. The Morgan fingerprint density at radius 1 is 0.815 bits per heavy atom. The molecule has 2 aromatic rings. The van der Waals surface area contributed by atoms with Crippen LogP contribution in [-0.2, 0) is 9.59 Å². The van der Waals surface area contributed by atoms with Crippen LogP contribution >= 0.6 is 0 Å². The Bertz CT molecular complexity index is 738. The minimum atomic E-state index is -0.169. The Morgan fingerprint density at radius 2 is 1.26 bits per heavy atom. The second-order valence-corrected chi connectivity index (χ2v) is 6.04. The minimum absolute atomic E-state index is 0.169. The molecule has 0 aromatic carbocycles. The van der Waals surface area contributed by atoms with Crippen LogP contribution in [0.5, 0.6) is 0 Å². The van der Waals surface area contributed by atoms with Crippen LogP contribution in [-0.4, -0.2) is 24.2 Å². The summed E-state index contributed by atoms with van der Waals surface area (Å²) in [6, 6.07) is 7.19. The first kappa shape index (κ1) is 20.2. The van der Waals surface area contributed by atoms with Crippen molar-refractivity contribution in [2.45, 2.75) is 46.0 Å². The molecule has 0 saturated heterocycles. The molecule has 2 aromatic heterocycles. The summed E-state index contributed by atoms with van der Waals surface area (Å²) in [6.07, 6.45) is 5.76. The zero-order valence-corrected chi connectivity index (χ0v) is 15.5. The molecule has 8 heteroatoms. The number of amides is 2. The normalized spacial score (nSPS) is 11.3. The van der Waals surface area contributed by atoms with Gasteiger partial charge in [-0.2, -0.15) is 10.2 Å². The SMILES string of the molecule is Cc1ccc(/C=N/NC(=O)CCCCCC(=O)N/N=C/c2ccc(C)o2)o1. The van der Waals surface area contributed by atoms with Gasteiger partial charge in [-0.3, -0.25) is 9.59 Å². The van der Waals surface area contributed by atoms with Crippen molar-refractivity contribution in [3.8, 4) is 0 Å². The first-order valence-corrected chi connectivity index (χ1v) is 8.79. The van der Waals surface area contributed by atoms with Crippen LogP contribution in [0.3, 0.4) is 0 Å². The van der Waals surface area contributed by atoms with Gasteiger partial charge < -0.3 is 8.83 Å². The fourth-order valence-electron chi connectivity index (χ4n) is 2.24. The summed E-state index contributed by atoms with van der Waals surface area (Å²) in [5, 5.41) is 7.67. The van der Waals surface area contributed by atoms with Gasteiger partial charge in [0.2, 0.25) is 11.8 Å². The lowest BCUT2D eigenvalue weighted by molar-refractivity contribution is -0.121. The number of hydrazone groups is 2. The summed E-state index contributed by atoms with van der Waals surface area (Å²) in [7, 11) is 0. The van der Waals surface area contributed by atoms with Gasteiger partial charge in [-0.1, -0.05) is 6.42 Å². The molecule has 2 amide bonds. The molecule has 8 nitrogen and oxygen atoms in total. The first-order chi connectivity index (χ1) is 13.0. The van der Waals surface area contributed by atoms with E-state index in [0.29, 0.717) is 37.2 Å². The van der Waals surface area contributed by atoms with E-state index in [1.54, 1.807) is 12.1 Å². The molecule has 0 radical (unpaired) electrons. The van der Waals surface area contributed by atoms with Gasteiger partial charge in [0.1, 0.15) is 23.0 Å². The smallest absolute Gasteiger partial charge is 0.240 e. The van der Waals surface area contributed by atoms with Gasteiger partial charge in [-0.25, -0.2) is 10.9 Å². The summed E-state index contributed by atoms with van der Waals surface area (Å²) in [5.41, 5.74) is 4.90. The maximum atomic E-state index is 11.7.